The Morgan fingerprint density at radius 3 is 2.19 bits per heavy atom. The number of thiocarbonyl (C=S) groups is 1. The molecule has 0 aliphatic carbocycles. The maximum absolute atomic E-state index is 14.1. The molecule has 0 radical (unpaired) electrons. The summed E-state index contributed by atoms with van der Waals surface area (Å²) in [5, 5.41) is 15.2. The molecule has 188 valence electrons. The van der Waals surface area contributed by atoms with E-state index in [1.807, 2.05) is 18.2 Å². The highest BCUT2D eigenvalue weighted by atomic mass is 35.5. The first-order chi connectivity index (χ1) is 17.1. The van der Waals surface area contributed by atoms with Crippen LogP contribution >= 0.6 is 23.8 Å². The monoisotopic (exact) mass is 540 g/mol. The second-order valence-electron chi connectivity index (χ2n) is 7.82. The van der Waals surface area contributed by atoms with Crippen LogP contribution in [0.1, 0.15) is 22.5 Å². The van der Waals surface area contributed by atoms with Crippen LogP contribution in [-0.2, 0) is 13.1 Å². The van der Waals surface area contributed by atoms with Crippen molar-refractivity contribution in [2.45, 2.75) is 26.9 Å². The number of hydrogen-bond donors (Lipinski definition) is 2. The van der Waals surface area contributed by atoms with Crippen molar-refractivity contribution in [3.05, 3.63) is 93.2 Å². The topological polar surface area (TPSA) is 59.7 Å². The summed E-state index contributed by atoms with van der Waals surface area (Å²) < 4.78 is 71.5. The molecular weight excluding hydrogens is 523 g/mol. The number of benzene rings is 2. The van der Waals surface area contributed by atoms with Gasteiger partial charge in [-0.1, -0.05) is 29.8 Å². The zero-order valence-corrected chi connectivity index (χ0v) is 20.4. The van der Waals surface area contributed by atoms with Gasteiger partial charge in [0, 0.05) is 17.3 Å². The molecule has 0 fully saturated rings. The molecule has 0 atom stereocenters. The van der Waals surface area contributed by atoms with Crippen molar-refractivity contribution in [3.63, 3.8) is 0 Å². The standard InChI is InChI=1S/C23H18ClF5N6S/c1-11-22(12(2)35(32-11)10-14-17(25)19(27)21(29)20(28)18(14)26)31-23(36)30-16-7-8-34(33-16)9-13-5-3-4-6-15(13)24/h3-8H,9-10H2,1-2H3,(H2,30,31,33,36). The Balaban J connectivity index is 1.47. The normalized spacial score (nSPS) is 11.1. The average molecular weight is 541 g/mol. The molecule has 36 heavy (non-hydrogen) atoms. The van der Waals surface area contributed by atoms with Crippen molar-refractivity contribution in [1.82, 2.24) is 19.6 Å². The Hall–Kier alpha value is -3.51. The minimum Gasteiger partial charge on any atom is -0.329 e. The van der Waals surface area contributed by atoms with Gasteiger partial charge < -0.3 is 10.6 Å². The highest BCUT2D eigenvalue weighted by Crippen LogP contribution is 2.26. The Morgan fingerprint density at radius 2 is 1.53 bits per heavy atom. The zero-order valence-electron chi connectivity index (χ0n) is 18.8. The Bertz CT molecular complexity index is 1440. The van der Waals surface area contributed by atoms with E-state index in [9.17, 15) is 22.0 Å². The number of nitrogens with one attached hydrogen (secondary N) is 2. The summed E-state index contributed by atoms with van der Waals surface area (Å²) in [6, 6.07) is 9.09. The second kappa shape index (κ2) is 10.2. The fraction of sp³-hybridized carbons (Fsp3) is 0.174. The molecule has 13 heteroatoms. The molecule has 0 aliphatic rings. The summed E-state index contributed by atoms with van der Waals surface area (Å²) in [4.78, 5) is 0. The lowest BCUT2D eigenvalue weighted by Crippen LogP contribution is -2.20. The van der Waals surface area contributed by atoms with E-state index in [1.54, 1.807) is 36.9 Å². The summed E-state index contributed by atoms with van der Waals surface area (Å²) in [5.74, 6) is -9.60. The Labute approximate surface area is 212 Å². The van der Waals surface area contributed by atoms with E-state index in [1.165, 1.54) is 0 Å². The fourth-order valence-electron chi connectivity index (χ4n) is 3.55. The maximum Gasteiger partial charge on any atom is 0.200 e. The lowest BCUT2D eigenvalue weighted by molar-refractivity contribution is 0.366. The molecule has 2 N–H and O–H groups in total. The number of aryl methyl sites for hydroxylation is 1. The van der Waals surface area contributed by atoms with Crippen molar-refractivity contribution in [3.8, 4) is 0 Å². The molecule has 2 aromatic carbocycles. The van der Waals surface area contributed by atoms with E-state index in [0.29, 0.717) is 34.5 Å². The molecule has 2 heterocycles. The van der Waals surface area contributed by atoms with Gasteiger partial charge in [-0.05, 0) is 37.7 Å². The van der Waals surface area contributed by atoms with Crippen molar-refractivity contribution >= 4 is 40.4 Å². The van der Waals surface area contributed by atoms with Gasteiger partial charge >= 0.3 is 0 Å². The second-order valence-corrected chi connectivity index (χ2v) is 8.64. The molecule has 0 saturated carbocycles. The molecule has 0 unspecified atom stereocenters. The van der Waals surface area contributed by atoms with Gasteiger partial charge in [0.2, 0.25) is 5.82 Å². The maximum atomic E-state index is 14.1. The van der Waals surface area contributed by atoms with Crippen molar-refractivity contribution in [2.24, 2.45) is 0 Å². The highest BCUT2D eigenvalue weighted by molar-refractivity contribution is 7.80. The molecule has 2 aromatic heterocycles. The van der Waals surface area contributed by atoms with E-state index < -0.39 is 41.2 Å². The van der Waals surface area contributed by atoms with Gasteiger partial charge in [-0.2, -0.15) is 10.2 Å². The van der Waals surface area contributed by atoms with Crippen molar-refractivity contribution < 1.29 is 22.0 Å². The summed E-state index contributed by atoms with van der Waals surface area (Å²) in [5.41, 5.74) is 1.07. The smallest absolute Gasteiger partial charge is 0.200 e. The lowest BCUT2D eigenvalue weighted by Gasteiger charge is -2.11. The summed E-state index contributed by atoms with van der Waals surface area (Å²) in [6.07, 6.45) is 1.74. The van der Waals surface area contributed by atoms with E-state index in [0.717, 1.165) is 10.2 Å². The molecular formula is C23H18ClF5N6S. The van der Waals surface area contributed by atoms with Gasteiger partial charge in [0.05, 0.1) is 35.7 Å². The molecule has 0 amide bonds. The minimum atomic E-state index is -2.21. The molecule has 0 bridgehead atoms. The summed E-state index contributed by atoms with van der Waals surface area (Å²) in [6.45, 7) is 2.94. The van der Waals surface area contributed by atoms with Crippen LogP contribution in [0.15, 0.2) is 36.5 Å². The third-order valence-corrected chi connectivity index (χ3v) is 5.97. The molecule has 4 aromatic rings. The van der Waals surface area contributed by atoms with Crippen LogP contribution in [-0.4, -0.2) is 24.7 Å². The molecule has 0 spiro atoms. The Morgan fingerprint density at radius 1 is 0.889 bits per heavy atom. The van der Waals surface area contributed by atoms with E-state index >= 15 is 0 Å². The SMILES string of the molecule is Cc1nn(Cc2c(F)c(F)c(F)c(F)c2F)c(C)c1NC(=S)Nc1ccn(Cc2ccccc2Cl)n1. The van der Waals surface area contributed by atoms with Gasteiger partial charge in [0.1, 0.15) is 0 Å². The van der Waals surface area contributed by atoms with E-state index in [-0.39, 0.29) is 5.11 Å². The minimum absolute atomic E-state index is 0.153. The lowest BCUT2D eigenvalue weighted by atomic mass is 10.1. The van der Waals surface area contributed by atoms with Crippen LogP contribution in [0.3, 0.4) is 0 Å². The first kappa shape index (κ1) is 25.6. The van der Waals surface area contributed by atoms with Gasteiger partial charge in [-0.25, -0.2) is 22.0 Å². The zero-order chi connectivity index (χ0) is 26.1. The summed E-state index contributed by atoms with van der Waals surface area (Å²) >= 11 is 11.5. The number of anilines is 2. The van der Waals surface area contributed by atoms with Crippen LogP contribution in [0.25, 0.3) is 0 Å². The molecule has 6 nitrogen and oxygen atoms in total. The van der Waals surface area contributed by atoms with Gasteiger partial charge in [-0.3, -0.25) is 9.36 Å². The summed E-state index contributed by atoms with van der Waals surface area (Å²) in [7, 11) is 0. The van der Waals surface area contributed by atoms with E-state index in [2.05, 4.69) is 20.8 Å². The van der Waals surface area contributed by atoms with Crippen LogP contribution < -0.4 is 10.6 Å². The third kappa shape index (κ3) is 5.05. The van der Waals surface area contributed by atoms with Crippen LogP contribution in [0.2, 0.25) is 5.02 Å². The van der Waals surface area contributed by atoms with Crippen LogP contribution in [0.5, 0.6) is 0 Å². The predicted octanol–water partition coefficient (Wildman–Crippen LogP) is 5.95. The number of halogens is 6. The molecule has 4 rings (SSSR count). The van der Waals surface area contributed by atoms with Gasteiger partial charge in [-0.15, -0.1) is 0 Å². The predicted molar refractivity (Wildman–Crippen MR) is 130 cm³/mol. The van der Waals surface area contributed by atoms with E-state index in [4.69, 9.17) is 23.8 Å². The third-order valence-electron chi connectivity index (χ3n) is 5.40. The first-order valence-electron chi connectivity index (χ1n) is 10.5. The fourth-order valence-corrected chi connectivity index (χ4v) is 3.95. The van der Waals surface area contributed by atoms with Crippen LogP contribution in [0.4, 0.5) is 33.5 Å². The molecule has 0 saturated heterocycles. The number of nitrogens with zero attached hydrogens (tertiary/aromatic N) is 4. The van der Waals surface area contributed by atoms with Crippen LogP contribution in [0, 0.1) is 42.9 Å². The number of aromatic nitrogens is 4. The van der Waals surface area contributed by atoms with Crippen molar-refractivity contribution in [2.75, 3.05) is 10.6 Å². The average Bonchev–Trinajstić information content (AvgIpc) is 3.39. The van der Waals surface area contributed by atoms with Gasteiger partial charge in [0.25, 0.3) is 0 Å². The number of hydrogen-bond acceptors (Lipinski definition) is 3. The van der Waals surface area contributed by atoms with Gasteiger partial charge in [0.15, 0.2) is 34.2 Å². The first-order valence-corrected chi connectivity index (χ1v) is 11.2. The highest BCUT2D eigenvalue weighted by Gasteiger charge is 2.26. The van der Waals surface area contributed by atoms with Crippen molar-refractivity contribution in [1.29, 1.82) is 0 Å². The quantitative estimate of drug-likeness (QED) is 0.137. The molecule has 0 aliphatic heterocycles. The number of rotatable bonds is 6. The Kier molecular flexibility index (Phi) is 7.27. The largest absolute Gasteiger partial charge is 0.329 e.